The number of hydrogen-bond donors (Lipinski definition) is 1. The van der Waals surface area contributed by atoms with Gasteiger partial charge in [0.25, 0.3) is 0 Å². The number of carbonyl (C=O) groups is 2. The Morgan fingerprint density at radius 2 is 1.47 bits per heavy atom. The summed E-state index contributed by atoms with van der Waals surface area (Å²) >= 11 is 0. The maximum absolute atomic E-state index is 13.1. The molecule has 4 atom stereocenters. The predicted octanol–water partition coefficient (Wildman–Crippen LogP) is 5.86. The normalized spacial score (nSPS) is 19.9. The fourth-order valence-corrected chi connectivity index (χ4v) is 6.03. The quantitative estimate of drug-likeness (QED) is 0.272. The van der Waals surface area contributed by atoms with Gasteiger partial charge in [0.1, 0.15) is 17.1 Å². The lowest BCUT2D eigenvalue weighted by Gasteiger charge is -2.48. The molecule has 5 nitrogen and oxygen atoms in total. The number of aliphatic hydroxyl groups is 1. The zero-order valence-electron chi connectivity index (χ0n) is 22.6. The van der Waals surface area contributed by atoms with Crippen LogP contribution in [0.1, 0.15) is 51.2 Å². The Hall–Kier alpha value is -3.28. The van der Waals surface area contributed by atoms with Gasteiger partial charge in [-0.3, -0.25) is 9.69 Å². The van der Waals surface area contributed by atoms with Gasteiger partial charge in [-0.05, 0) is 55.5 Å². The second-order valence-electron chi connectivity index (χ2n) is 10.7. The van der Waals surface area contributed by atoms with E-state index in [2.05, 4.69) is 11.8 Å². The zero-order valence-corrected chi connectivity index (χ0v) is 22.6. The van der Waals surface area contributed by atoms with E-state index in [1.807, 2.05) is 85.8 Å². The maximum atomic E-state index is 13.1. The van der Waals surface area contributed by atoms with E-state index in [1.165, 1.54) is 0 Å². The fourth-order valence-electron chi connectivity index (χ4n) is 6.03. The van der Waals surface area contributed by atoms with Crippen molar-refractivity contribution >= 4 is 11.8 Å². The molecule has 0 amide bonds. The van der Waals surface area contributed by atoms with Crippen LogP contribution in [0.15, 0.2) is 91.0 Å². The number of nitrogens with zero attached hydrogens (tertiary/aromatic N) is 1. The Labute approximate surface area is 226 Å². The van der Waals surface area contributed by atoms with Gasteiger partial charge in [-0.25, -0.2) is 0 Å². The highest BCUT2D eigenvalue weighted by atomic mass is 16.5. The molecule has 38 heavy (non-hydrogen) atoms. The molecule has 0 aromatic heterocycles. The molecule has 1 heterocycles. The van der Waals surface area contributed by atoms with Crippen molar-refractivity contribution in [1.82, 2.24) is 4.90 Å². The molecule has 4 unspecified atom stereocenters. The van der Waals surface area contributed by atoms with Crippen molar-refractivity contribution in [2.75, 3.05) is 13.1 Å². The molecule has 3 aromatic carbocycles. The number of Topliss-reactive ketones (excluding diaryl/α,β-unsaturated/α-hetero) is 1. The monoisotopic (exact) mass is 513 g/mol. The summed E-state index contributed by atoms with van der Waals surface area (Å²) in [5, 5.41) is 12.4. The SMILES string of the molecule is CC(=O)CCC(C(C)C(=O)Oc1ccccc1)N1CCC(C(O)(c2ccccc2)c2ccccc2)C(C)C1. The minimum Gasteiger partial charge on any atom is -0.426 e. The van der Waals surface area contributed by atoms with E-state index in [4.69, 9.17) is 4.74 Å². The molecular weight excluding hydrogens is 474 g/mol. The van der Waals surface area contributed by atoms with Crippen molar-refractivity contribution < 1.29 is 19.4 Å². The van der Waals surface area contributed by atoms with E-state index in [1.54, 1.807) is 19.1 Å². The summed E-state index contributed by atoms with van der Waals surface area (Å²) in [4.78, 5) is 27.4. The highest BCUT2D eigenvalue weighted by Gasteiger charge is 2.46. The number of hydrogen-bond acceptors (Lipinski definition) is 5. The van der Waals surface area contributed by atoms with Gasteiger partial charge in [-0.1, -0.05) is 92.7 Å². The molecule has 0 spiro atoms. The second-order valence-corrected chi connectivity index (χ2v) is 10.7. The van der Waals surface area contributed by atoms with Crippen molar-refractivity contribution in [2.24, 2.45) is 17.8 Å². The molecule has 200 valence electrons. The van der Waals surface area contributed by atoms with Crippen molar-refractivity contribution in [3.8, 4) is 5.75 Å². The van der Waals surface area contributed by atoms with E-state index in [-0.39, 0.29) is 29.6 Å². The van der Waals surface area contributed by atoms with Gasteiger partial charge in [-0.2, -0.15) is 0 Å². The molecule has 3 aromatic rings. The Bertz CT molecular complexity index is 1140. The van der Waals surface area contributed by atoms with Crippen LogP contribution in [0.2, 0.25) is 0 Å². The Kier molecular flexibility index (Phi) is 9.13. The van der Waals surface area contributed by atoms with E-state index >= 15 is 0 Å². The third kappa shape index (κ3) is 6.23. The van der Waals surface area contributed by atoms with E-state index in [0.717, 1.165) is 30.6 Å². The molecule has 0 aliphatic carbocycles. The highest BCUT2D eigenvalue weighted by Crippen LogP contribution is 2.45. The molecule has 1 saturated heterocycles. The Balaban J connectivity index is 1.56. The maximum Gasteiger partial charge on any atom is 0.315 e. The number of ketones is 1. The zero-order chi connectivity index (χ0) is 27.1. The summed E-state index contributed by atoms with van der Waals surface area (Å²) in [5.74, 6) is 0.0848. The first-order valence-corrected chi connectivity index (χ1v) is 13.6. The summed E-state index contributed by atoms with van der Waals surface area (Å²) in [6.07, 6.45) is 1.78. The van der Waals surface area contributed by atoms with Crippen LogP contribution in [0.5, 0.6) is 5.75 Å². The topological polar surface area (TPSA) is 66.8 Å². The van der Waals surface area contributed by atoms with Crippen molar-refractivity contribution in [1.29, 1.82) is 0 Å². The molecule has 1 aliphatic rings. The third-order valence-electron chi connectivity index (χ3n) is 8.07. The van der Waals surface area contributed by atoms with E-state index in [9.17, 15) is 14.7 Å². The van der Waals surface area contributed by atoms with Gasteiger partial charge >= 0.3 is 5.97 Å². The van der Waals surface area contributed by atoms with Crippen molar-refractivity contribution in [3.63, 3.8) is 0 Å². The van der Waals surface area contributed by atoms with Crippen LogP contribution in [-0.2, 0) is 15.2 Å². The van der Waals surface area contributed by atoms with Gasteiger partial charge in [0, 0.05) is 24.9 Å². The average molecular weight is 514 g/mol. The molecule has 1 N–H and O–H groups in total. The lowest BCUT2D eigenvalue weighted by atomic mass is 9.67. The van der Waals surface area contributed by atoms with Gasteiger partial charge in [0.2, 0.25) is 0 Å². The fraction of sp³-hybridized carbons (Fsp3) is 0.394. The number of para-hydroxylation sites is 1. The Morgan fingerprint density at radius 1 is 0.947 bits per heavy atom. The first-order chi connectivity index (χ1) is 18.3. The summed E-state index contributed by atoms with van der Waals surface area (Å²) < 4.78 is 5.68. The average Bonchev–Trinajstić information content (AvgIpc) is 2.94. The first-order valence-electron chi connectivity index (χ1n) is 13.6. The summed E-state index contributed by atoms with van der Waals surface area (Å²) in [6.45, 7) is 7.12. The predicted molar refractivity (Wildman–Crippen MR) is 150 cm³/mol. The lowest BCUT2D eigenvalue weighted by Crippen LogP contribution is -2.53. The van der Waals surface area contributed by atoms with Crippen LogP contribution in [-0.4, -0.2) is 40.9 Å². The van der Waals surface area contributed by atoms with Gasteiger partial charge < -0.3 is 14.6 Å². The lowest BCUT2D eigenvalue weighted by molar-refractivity contribution is -0.142. The molecule has 0 bridgehead atoms. The van der Waals surface area contributed by atoms with Crippen LogP contribution in [0.25, 0.3) is 0 Å². The number of piperidine rings is 1. The minimum atomic E-state index is -1.12. The number of rotatable bonds is 10. The van der Waals surface area contributed by atoms with Crippen molar-refractivity contribution in [2.45, 2.75) is 51.7 Å². The Morgan fingerprint density at radius 3 is 1.97 bits per heavy atom. The van der Waals surface area contributed by atoms with E-state index in [0.29, 0.717) is 18.6 Å². The van der Waals surface area contributed by atoms with Crippen LogP contribution < -0.4 is 4.74 Å². The summed E-state index contributed by atoms with van der Waals surface area (Å²) in [6, 6.07) is 28.8. The molecule has 5 heteroatoms. The number of ether oxygens (including phenoxy) is 1. The number of esters is 1. The smallest absolute Gasteiger partial charge is 0.315 e. The van der Waals surface area contributed by atoms with E-state index < -0.39 is 11.5 Å². The van der Waals surface area contributed by atoms with Crippen LogP contribution in [0.3, 0.4) is 0 Å². The van der Waals surface area contributed by atoms with Crippen LogP contribution >= 0.6 is 0 Å². The standard InChI is InChI=1S/C33H39NO4/c1-24-23-34(31(20-19-25(2)35)26(3)32(36)38-29-17-11-6-12-18-29)22-21-30(24)33(37,27-13-7-4-8-14-27)28-15-9-5-10-16-28/h4-18,24,26,30-31,37H,19-23H2,1-3H3. The minimum absolute atomic E-state index is 0.0106. The van der Waals surface area contributed by atoms with Gasteiger partial charge in [0.05, 0.1) is 5.92 Å². The molecular formula is C33H39NO4. The molecule has 1 aliphatic heterocycles. The van der Waals surface area contributed by atoms with Crippen LogP contribution in [0, 0.1) is 17.8 Å². The third-order valence-corrected chi connectivity index (χ3v) is 8.07. The molecule has 0 radical (unpaired) electrons. The molecule has 1 fully saturated rings. The largest absolute Gasteiger partial charge is 0.426 e. The summed E-state index contributed by atoms with van der Waals surface area (Å²) in [7, 11) is 0. The number of benzene rings is 3. The molecule has 4 rings (SSSR count). The number of likely N-dealkylation sites (tertiary alicyclic amines) is 1. The summed E-state index contributed by atoms with van der Waals surface area (Å²) in [5.41, 5.74) is 0.662. The van der Waals surface area contributed by atoms with Crippen LogP contribution in [0.4, 0.5) is 0 Å². The molecule has 0 saturated carbocycles. The first kappa shape index (κ1) is 27.7. The highest BCUT2D eigenvalue weighted by molar-refractivity contribution is 5.77. The number of carbonyl (C=O) groups excluding carboxylic acids is 2. The van der Waals surface area contributed by atoms with Gasteiger partial charge in [0.15, 0.2) is 0 Å². The second kappa shape index (κ2) is 12.5. The van der Waals surface area contributed by atoms with Gasteiger partial charge in [-0.15, -0.1) is 0 Å². The van der Waals surface area contributed by atoms with Crippen molar-refractivity contribution in [3.05, 3.63) is 102 Å².